The molecule has 0 bridgehead atoms. The molecule has 0 aromatic carbocycles. The summed E-state index contributed by atoms with van der Waals surface area (Å²) in [7, 11) is 0. The summed E-state index contributed by atoms with van der Waals surface area (Å²) < 4.78 is 2.47. The van der Waals surface area contributed by atoms with Gasteiger partial charge in [0.15, 0.2) is 5.71 Å². The summed E-state index contributed by atoms with van der Waals surface area (Å²) in [4.78, 5) is 16.8. The minimum Gasteiger partial charge on any atom is -0.481 e. The molecule has 2 atom stereocenters. The van der Waals surface area contributed by atoms with E-state index in [1.165, 1.54) is 22.6 Å². The van der Waals surface area contributed by atoms with Gasteiger partial charge in [0.25, 0.3) is 0 Å². The van der Waals surface area contributed by atoms with Gasteiger partial charge >= 0.3 is 5.97 Å². The smallest absolute Gasteiger partial charge is 0.307 e. The maximum atomic E-state index is 11.9. The molecule has 0 saturated carbocycles. The number of carbonyl (C=O) groups is 1. The fourth-order valence-corrected chi connectivity index (χ4v) is 5.03. The normalized spacial score (nSPS) is 29.6. The van der Waals surface area contributed by atoms with E-state index in [0.717, 1.165) is 50.9 Å². The van der Waals surface area contributed by atoms with Crippen LogP contribution in [0.3, 0.4) is 0 Å². The largest absolute Gasteiger partial charge is 0.481 e. The Bertz CT molecular complexity index is 767. The van der Waals surface area contributed by atoms with Crippen LogP contribution in [0.4, 0.5) is 0 Å². The lowest BCUT2D eigenvalue weighted by atomic mass is 9.62. The van der Waals surface area contributed by atoms with E-state index in [1.54, 1.807) is 0 Å². The third-order valence-corrected chi connectivity index (χ3v) is 6.39. The predicted molar refractivity (Wildman–Crippen MR) is 94.7 cm³/mol. The minimum atomic E-state index is -0.682. The van der Waals surface area contributed by atoms with Crippen molar-refractivity contribution < 1.29 is 14.5 Å². The number of allylic oxidation sites excluding steroid dienone is 5. The van der Waals surface area contributed by atoms with Crippen molar-refractivity contribution in [3.63, 3.8) is 0 Å². The Morgan fingerprint density at radius 2 is 2.29 bits per heavy atom. The summed E-state index contributed by atoms with van der Waals surface area (Å²) in [5.74, 6) is -1.06. The van der Waals surface area contributed by atoms with Crippen LogP contribution in [0.15, 0.2) is 40.1 Å². The predicted octanol–water partition coefficient (Wildman–Crippen LogP) is 3.35. The van der Waals surface area contributed by atoms with Crippen LogP contribution >= 0.6 is 0 Å². The molecule has 0 spiro atoms. The average Bonchev–Trinajstić information content (AvgIpc) is 2.99. The molecular weight excluding hydrogens is 300 g/mol. The topological polar surface area (TPSA) is 52.7 Å². The van der Waals surface area contributed by atoms with Crippen LogP contribution in [-0.2, 0) is 4.79 Å². The van der Waals surface area contributed by atoms with Crippen LogP contribution in [-0.4, -0.2) is 40.2 Å². The second kappa shape index (κ2) is 5.54. The third kappa shape index (κ3) is 2.01. The maximum absolute atomic E-state index is 11.9. The van der Waals surface area contributed by atoms with E-state index in [2.05, 4.69) is 29.7 Å². The summed E-state index contributed by atoms with van der Waals surface area (Å²) >= 11 is 0. The molecule has 1 N–H and O–H groups in total. The van der Waals surface area contributed by atoms with E-state index >= 15 is 0 Å². The number of fused-ring (bicyclic) bond motifs is 3. The number of hydrogen-bond acceptors (Lipinski definition) is 2. The van der Waals surface area contributed by atoms with E-state index in [1.807, 2.05) is 6.92 Å². The molecule has 0 aromatic heterocycles. The molecule has 4 aliphatic rings. The molecule has 3 aliphatic heterocycles. The molecule has 0 radical (unpaired) electrons. The fraction of sp³-hybridized carbons (Fsp3) is 0.550. The molecule has 24 heavy (non-hydrogen) atoms. The standard InChI is InChI=1S/C20H24N2O2/c1-3-20(13(2)19(23)24)10-6-11-22-12-9-16-17(18(20)22)14-7-4-5-8-15(14)21-16/h4-5,8,13H,3,6-7,9-12H2,1-2H3/p+1/t13?,20-/m1/s1. The van der Waals surface area contributed by atoms with Gasteiger partial charge in [-0.3, -0.25) is 9.79 Å². The second-order valence-electron chi connectivity index (χ2n) is 7.36. The van der Waals surface area contributed by atoms with Crippen molar-refractivity contribution in [1.29, 1.82) is 0 Å². The van der Waals surface area contributed by atoms with E-state index in [4.69, 9.17) is 4.99 Å². The van der Waals surface area contributed by atoms with Gasteiger partial charge in [0.2, 0.25) is 0 Å². The van der Waals surface area contributed by atoms with Crippen LogP contribution in [0.5, 0.6) is 0 Å². The lowest BCUT2D eigenvalue weighted by Crippen LogP contribution is -2.52. The van der Waals surface area contributed by atoms with Gasteiger partial charge in [-0.05, 0) is 30.9 Å². The van der Waals surface area contributed by atoms with Gasteiger partial charge in [-0.2, -0.15) is 0 Å². The molecule has 0 saturated heterocycles. The van der Waals surface area contributed by atoms with Crippen LogP contribution in [0.25, 0.3) is 0 Å². The molecule has 3 heterocycles. The van der Waals surface area contributed by atoms with Gasteiger partial charge in [-0.15, -0.1) is 0 Å². The summed E-state index contributed by atoms with van der Waals surface area (Å²) in [6.45, 7) is 6.06. The number of aliphatic carboxylic acids is 1. The maximum Gasteiger partial charge on any atom is 0.307 e. The Hall–Kier alpha value is -1.97. The number of aliphatic imine (C=N–C) groups is 1. The average molecular weight is 325 g/mol. The van der Waals surface area contributed by atoms with Gasteiger partial charge in [-0.25, -0.2) is 4.58 Å². The second-order valence-corrected chi connectivity index (χ2v) is 7.36. The first-order valence-corrected chi connectivity index (χ1v) is 9.12. The molecule has 126 valence electrons. The van der Waals surface area contributed by atoms with Crippen LogP contribution < -0.4 is 0 Å². The molecule has 0 fully saturated rings. The van der Waals surface area contributed by atoms with Crippen molar-refractivity contribution in [2.75, 3.05) is 13.1 Å². The molecule has 4 nitrogen and oxygen atoms in total. The van der Waals surface area contributed by atoms with Crippen molar-refractivity contribution in [1.82, 2.24) is 0 Å². The van der Waals surface area contributed by atoms with Gasteiger partial charge in [0.05, 0.1) is 28.3 Å². The van der Waals surface area contributed by atoms with Crippen molar-refractivity contribution in [3.8, 4) is 0 Å². The van der Waals surface area contributed by atoms with E-state index in [-0.39, 0.29) is 11.3 Å². The third-order valence-electron chi connectivity index (χ3n) is 6.39. The Morgan fingerprint density at radius 3 is 3.04 bits per heavy atom. The van der Waals surface area contributed by atoms with E-state index in [9.17, 15) is 9.90 Å². The minimum absolute atomic E-state index is 0.274. The number of carboxylic acids is 1. The van der Waals surface area contributed by atoms with Crippen LogP contribution in [0.2, 0.25) is 0 Å². The highest BCUT2D eigenvalue weighted by Crippen LogP contribution is 2.47. The zero-order chi connectivity index (χ0) is 16.9. The summed E-state index contributed by atoms with van der Waals surface area (Å²) in [5, 5.41) is 9.79. The summed E-state index contributed by atoms with van der Waals surface area (Å²) in [6, 6.07) is 0. The van der Waals surface area contributed by atoms with Gasteiger partial charge in [0.1, 0.15) is 13.1 Å². The molecular formula is C20H25N2O2+. The van der Waals surface area contributed by atoms with Crippen molar-refractivity contribution >= 4 is 17.4 Å². The number of carboxylic acid groups (broad SMARTS) is 1. The monoisotopic (exact) mass is 325 g/mol. The highest BCUT2D eigenvalue weighted by molar-refractivity contribution is 6.28. The van der Waals surface area contributed by atoms with Crippen molar-refractivity contribution in [3.05, 3.63) is 35.1 Å². The van der Waals surface area contributed by atoms with Crippen molar-refractivity contribution in [2.24, 2.45) is 16.3 Å². The first kappa shape index (κ1) is 15.6. The molecule has 4 rings (SSSR count). The molecule has 1 unspecified atom stereocenters. The summed E-state index contributed by atoms with van der Waals surface area (Å²) in [6.07, 6.45) is 11.1. The van der Waals surface area contributed by atoms with Gasteiger partial charge < -0.3 is 5.11 Å². The first-order chi connectivity index (χ1) is 11.6. The van der Waals surface area contributed by atoms with Gasteiger partial charge in [0, 0.05) is 12.8 Å². The molecule has 4 heteroatoms. The van der Waals surface area contributed by atoms with E-state index < -0.39 is 5.97 Å². The highest BCUT2D eigenvalue weighted by atomic mass is 16.4. The van der Waals surface area contributed by atoms with Crippen LogP contribution in [0.1, 0.15) is 46.0 Å². The first-order valence-electron chi connectivity index (χ1n) is 9.12. The fourth-order valence-electron chi connectivity index (χ4n) is 5.03. The van der Waals surface area contributed by atoms with Crippen LogP contribution in [0, 0.1) is 11.3 Å². The number of rotatable bonds is 3. The Labute approximate surface area is 143 Å². The number of nitrogens with zero attached hydrogens (tertiary/aromatic N) is 2. The Kier molecular flexibility index (Phi) is 3.59. The summed E-state index contributed by atoms with van der Waals surface area (Å²) in [5.41, 5.74) is 5.88. The van der Waals surface area contributed by atoms with Crippen molar-refractivity contribution in [2.45, 2.75) is 46.0 Å². The quantitative estimate of drug-likeness (QED) is 0.809. The molecule has 1 aliphatic carbocycles. The Balaban J connectivity index is 1.94. The van der Waals surface area contributed by atoms with E-state index in [0.29, 0.717) is 0 Å². The molecule has 0 amide bonds. The van der Waals surface area contributed by atoms with Gasteiger partial charge in [-0.1, -0.05) is 26.0 Å². The molecule has 0 aromatic rings. The zero-order valence-electron chi connectivity index (χ0n) is 14.5. The Morgan fingerprint density at radius 1 is 1.46 bits per heavy atom. The lowest BCUT2D eigenvalue weighted by molar-refractivity contribution is -0.537. The SMILES string of the molecule is CC[C@]1(C(C)C(=O)O)CCC[N+]2=C1C1=C3CC=CC=C3N=C1CC2. The highest BCUT2D eigenvalue weighted by Gasteiger charge is 2.54. The lowest BCUT2D eigenvalue weighted by Gasteiger charge is -2.41. The number of hydrogen-bond donors (Lipinski definition) is 1. The zero-order valence-corrected chi connectivity index (χ0v) is 14.5.